The molecule has 1 aromatic rings. The van der Waals surface area contributed by atoms with Crippen LogP contribution in [0.25, 0.3) is 0 Å². The molecular formula is C6H8P2. The van der Waals surface area contributed by atoms with Gasteiger partial charge in [-0.05, 0) is 10.6 Å². The van der Waals surface area contributed by atoms with E-state index in [2.05, 4.69) is 30.6 Å². The maximum atomic E-state index is 2.67. The molecule has 2 unspecified atom stereocenters. The second-order valence-corrected chi connectivity index (χ2v) is 2.87. The zero-order valence-corrected chi connectivity index (χ0v) is 6.77. The molecule has 0 bridgehead atoms. The van der Waals surface area contributed by atoms with Crippen molar-refractivity contribution in [1.29, 1.82) is 0 Å². The van der Waals surface area contributed by atoms with Crippen molar-refractivity contribution in [2.24, 2.45) is 0 Å². The van der Waals surface area contributed by atoms with Crippen LogP contribution in [0, 0.1) is 0 Å². The highest BCUT2D eigenvalue weighted by Crippen LogP contribution is 1.90. The van der Waals surface area contributed by atoms with E-state index in [9.17, 15) is 0 Å². The molecule has 0 heterocycles. The van der Waals surface area contributed by atoms with Crippen LogP contribution in [0.15, 0.2) is 24.3 Å². The molecule has 2 heteroatoms. The number of benzene rings is 1. The molecule has 0 saturated heterocycles. The van der Waals surface area contributed by atoms with Crippen LogP contribution in [0.2, 0.25) is 0 Å². The summed E-state index contributed by atoms with van der Waals surface area (Å²) in [7, 11) is 5.33. The molecular weight excluding hydrogens is 134 g/mol. The van der Waals surface area contributed by atoms with Gasteiger partial charge in [-0.1, -0.05) is 24.3 Å². The molecule has 1 aromatic carbocycles. The maximum absolute atomic E-state index is 2.67. The monoisotopic (exact) mass is 142 g/mol. The van der Waals surface area contributed by atoms with E-state index in [1.54, 1.807) is 0 Å². The van der Waals surface area contributed by atoms with E-state index in [0.29, 0.717) is 0 Å². The van der Waals surface area contributed by atoms with Crippen LogP contribution in [-0.2, 0) is 0 Å². The molecule has 0 aliphatic carbocycles. The fourth-order valence-corrected chi connectivity index (χ4v) is 0.926. The van der Waals surface area contributed by atoms with Crippen molar-refractivity contribution in [3.63, 3.8) is 0 Å². The Kier molecular flexibility index (Phi) is 2.00. The Morgan fingerprint density at radius 3 is 1.50 bits per heavy atom. The van der Waals surface area contributed by atoms with Gasteiger partial charge < -0.3 is 0 Å². The predicted molar refractivity (Wildman–Crippen MR) is 45.1 cm³/mol. The molecule has 0 radical (unpaired) electrons. The van der Waals surface area contributed by atoms with Crippen LogP contribution >= 0.6 is 18.5 Å². The van der Waals surface area contributed by atoms with Gasteiger partial charge in [0, 0.05) is 0 Å². The zero-order chi connectivity index (χ0) is 5.98. The number of hydrogen-bond donors (Lipinski definition) is 0. The van der Waals surface area contributed by atoms with Gasteiger partial charge in [-0.25, -0.2) is 0 Å². The average molecular weight is 142 g/mol. The van der Waals surface area contributed by atoms with E-state index in [-0.39, 0.29) is 0 Å². The Labute approximate surface area is 54.1 Å². The van der Waals surface area contributed by atoms with Crippen molar-refractivity contribution >= 4 is 29.1 Å². The minimum absolute atomic E-state index is 1.25. The third-order valence-electron chi connectivity index (χ3n) is 0.996. The molecule has 0 nitrogen and oxygen atoms in total. The fraction of sp³-hybridized carbons (Fsp3) is 0. The molecule has 0 aliphatic heterocycles. The van der Waals surface area contributed by atoms with Gasteiger partial charge in [0.05, 0.1) is 0 Å². The molecule has 0 amide bonds. The third-order valence-corrected chi connectivity index (χ3v) is 2.38. The SMILES string of the molecule is Pc1ccccc1P. The van der Waals surface area contributed by atoms with E-state index in [0.717, 1.165) is 0 Å². The predicted octanol–water partition coefficient (Wildman–Crippen LogP) is 0.687. The van der Waals surface area contributed by atoms with Gasteiger partial charge in [0.25, 0.3) is 0 Å². The molecule has 1 rings (SSSR count). The van der Waals surface area contributed by atoms with Crippen molar-refractivity contribution in [1.82, 2.24) is 0 Å². The van der Waals surface area contributed by atoms with Gasteiger partial charge in [0.2, 0.25) is 0 Å². The normalized spacial score (nSPS) is 9.25. The second kappa shape index (κ2) is 2.58. The van der Waals surface area contributed by atoms with Crippen LogP contribution in [0.4, 0.5) is 0 Å². The quantitative estimate of drug-likeness (QED) is 0.467. The fourth-order valence-electron chi connectivity index (χ4n) is 0.511. The summed E-state index contributed by atoms with van der Waals surface area (Å²) in [4.78, 5) is 0. The Bertz CT molecular complexity index is 163. The Balaban J connectivity index is 3.13. The summed E-state index contributed by atoms with van der Waals surface area (Å²) in [5.74, 6) is 0. The summed E-state index contributed by atoms with van der Waals surface area (Å²) in [5.41, 5.74) is 0. The van der Waals surface area contributed by atoms with E-state index in [4.69, 9.17) is 0 Å². The first-order valence-electron chi connectivity index (χ1n) is 2.40. The van der Waals surface area contributed by atoms with E-state index >= 15 is 0 Å². The maximum Gasteiger partial charge on any atom is -0.0231 e. The van der Waals surface area contributed by atoms with Crippen molar-refractivity contribution in [2.45, 2.75) is 0 Å². The van der Waals surface area contributed by atoms with E-state index in [1.165, 1.54) is 10.6 Å². The van der Waals surface area contributed by atoms with Crippen LogP contribution in [-0.4, -0.2) is 0 Å². The second-order valence-electron chi connectivity index (χ2n) is 1.63. The summed E-state index contributed by atoms with van der Waals surface area (Å²) < 4.78 is 0. The number of hydrogen-bond acceptors (Lipinski definition) is 0. The highest BCUT2D eigenvalue weighted by atomic mass is 31.0. The van der Waals surface area contributed by atoms with Gasteiger partial charge in [-0.2, -0.15) is 0 Å². The standard InChI is InChI=1S/C6H8P2/c7-5-3-1-2-4-6(5)8/h1-4H,7-8H2. The molecule has 42 valence electrons. The minimum atomic E-state index is 1.25. The first kappa shape index (κ1) is 6.20. The molecule has 0 N–H and O–H groups in total. The molecule has 2 atom stereocenters. The van der Waals surface area contributed by atoms with Gasteiger partial charge >= 0.3 is 0 Å². The van der Waals surface area contributed by atoms with Crippen molar-refractivity contribution in [3.05, 3.63) is 24.3 Å². The largest absolute Gasteiger partial charge is 0.105 e. The van der Waals surface area contributed by atoms with Gasteiger partial charge in [0.1, 0.15) is 0 Å². The molecule has 0 fully saturated rings. The highest BCUT2D eigenvalue weighted by molar-refractivity contribution is 7.35. The van der Waals surface area contributed by atoms with Crippen molar-refractivity contribution in [2.75, 3.05) is 0 Å². The highest BCUT2D eigenvalue weighted by Gasteiger charge is 1.84. The summed E-state index contributed by atoms with van der Waals surface area (Å²) in [6.07, 6.45) is 0. The first-order valence-corrected chi connectivity index (χ1v) is 3.56. The lowest BCUT2D eigenvalue weighted by Gasteiger charge is -1.93. The third kappa shape index (κ3) is 1.28. The lowest BCUT2D eigenvalue weighted by molar-refractivity contribution is 1.84. The van der Waals surface area contributed by atoms with Crippen LogP contribution in [0.1, 0.15) is 0 Å². The van der Waals surface area contributed by atoms with Gasteiger partial charge in [-0.3, -0.25) is 0 Å². The summed E-state index contributed by atoms with van der Waals surface area (Å²) >= 11 is 0. The molecule has 0 spiro atoms. The van der Waals surface area contributed by atoms with Crippen molar-refractivity contribution in [3.8, 4) is 0 Å². The Morgan fingerprint density at radius 1 is 0.875 bits per heavy atom. The summed E-state index contributed by atoms with van der Waals surface area (Å²) in [5, 5.41) is 2.50. The molecule has 0 aromatic heterocycles. The lowest BCUT2D eigenvalue weighted by Crippen LogP contribution is -2.08. The molecule has 0 saturated carbocycles. The Hall–Kier alpha value is 0.0800. The van der Waals surface area contributed by atoms with E-state index in [1.807, 2.05) is 12.1 Å². The van der Waals surface area contributed by atoms with Crippen LogP contribution in [0.5, 0.6) is 0 Å². The zero-order valence-electron chi connectivity index (χ0n) is 4.46. The van der Waals surface area contributed by atoms with Crippen LogP contribution < -0.4 is 10.6 Å². The van der Waals surface area contributed by atoms with Gasteiger partial charge in [0.15, 0.2) is 0 Å². The minimum Gasteiger partial charge on any atom is -0.105 e. The summed E-state index contributed by atoms with van der Waals surface area (Å²) in [6, 6.07) is 8.17. The molecule has 8 heavy (non-hydrogen) atoms. The first-order chi connectivity index (χ1) is 3.80. The van der Waals surface area contributed by atoms with Crippen LogP contribution in [0.3, 0.4) is 0 Å². The topological polar surface area (TPSA) is 0 Å². The molecule has 0 aliphatic rings. The van der Waals surface area contributed by atoms with Gasteiger partial charge in [-0.15, -0.1) is 18.5 Å². The van der Waals surface area contributed by atoms with E-state index < -0.39 is 0 Å². The lowest BCUT2D eigenvalue weighted by atomic mass is 10.4. The average Bonchev–Trinajstić information content (AvgIpc) is 1.77. The Morgan fingerprint density at radius 2 is 1.25 bits per heavy atom. The smallest absolute Gasteiger partial charge is 0.0231 e. The summed E-state index contributed by atoms with van der Waals surface area (Å²) in [6.45, 7) is 0. The number of rotatable bonds is 0. The van der Waals surface area contributed by atoms with Crippen molar-refractivity contribution < 1.29 is 0 Å².